The number of nitro groups is 1. The summed E-state index contributed by atoms with van der Waals surface area (Å²) in [6.07, 6.45) is 0. The fourth-order valence-corrected chi connectivity index (χ4v) is 3.43. The van der Waals surface area contributed by atoms with E-state index in [1.807, 2.05) is 24.3 Å². The fourth-order valence-electron chi connectivity index (χ4n) is 3.43. The van der Waals surface area contributed by atoms with Crippen LogP contribution in [0.15, 0.2) is 71.1 Å². The number of benzene rings is 3. The zero-order valence-electron chi connectivity index (χ0n) is 14.3. The molecule has 0 amide bonds. The van der Waals surface area contributed by atoms with Gasteiger partial charge in [-0.3, -0.25) is 14.9 Å². The van der Waals surface area contributed by atoms with Crippen LogP contribution < -0.4 is 0 Å². The zero-order valence-corrected chi connectivity index (χ0v) is 14.3. The number of hydrogen-bond acceptors (Lipinski definition) is 6. The largest absolute Gasteiger partial charge is 0.416 e. The van der Waals surface area contributed by atoms with E-state index in [1.165, 1.54) is 12.1 Å². The Morgan fingerprint density at radius 3 is 2.14 bits per heavy atom. The summed E-state index contributed by atoms with van der Waals surface area (Å²) >= 11 is 0. The molecule has 7 heteroatoms. The molecule has 0 bridgehead atoms. The molecule has 0 N–H and O–H groups in total. The summed E-state index contributed by atoms with van der Waals surface area (Å²) in [7, 11) is 0. The van der Waals surface area contributed by atoms with Crippen molar-refractivity contribution in [2.45, 2.75) is 0 Å². The number of fused-ring (bicyclic) bond motifs is 3. The number of rotatable bonds is 3. The normalized spacial score (nSPS) is 11.9. The van der Waals surface area contributed by atoms with E-state index in [2.05, 4.69) is 10.2 Å². The standard InChI is InChI=1S/C21H11N3O4/c25-19-15-5-2-1-4-14(15)18-16(19)6-3-7-17(18)21-23-22-20(28-21)12-8-10-13(11-9-12)24(26)27/h1-11H. The van der Waals surface area contributed by atoms with Crippen LogP contribution in [0.25, 0.3) is 34.0 Å². The van der Waals surface area contributed by atoms with Gasteiger partial charge in [-0.05, 0) is 23.8 Å². The SMILES string of the molecule is O=C1c2ccccc2-c2c1cccc2-c1nnc(-c2ccc([N+](=O)[O-])cc2)o1. The number of nitrogens with zero attached hydrogens (tertiary/aromatic N) is 3. The lowest BCUT2D eigenvalue weighted by molar-refractivity contribution is -0.384. The molecule has 134 valence electrons. The Kier molecular flexibility index (Phi) is 3.42. The van der Waals surface area contributed by atoms with E-state index in [1.54, 1.807) is 30.3 Å². The molecule has 5 rings (SSSR count). The maximum absolute atomic E-state index is 12.7. The van der Waals surface area contributed by atoms with Crippen molar-refractivity contribution < 1.29 is 14.1 Å². The summed E-state index contributed by atoms with van der Waals surface area (Å²) in [5, 5.41) is 19.0. The number of ketones is 1. The Hall–Kier alpha value is -4.13. The van der Waals surface area contributed by atoms with Crippen LogP contribution in [-0.2, 0) is 0 Å². The van der Waals surface area contributed by atoms with Crippen LogP contribution in [0.3, 0.4) is 0 Å². The first-order chi connectivity index (χ1) is 13.6. The van der Waals surface area contributed by atoms with E-state index in [9.17, 15) is 14.9 Å². The smallest absolute Gasteiger partial charge is 0.269 e. The quantitative estimate of drug-likeness (QED) is 0.342. The molecule has 0 unspecified atom stereocenters. The Morgan fingerprint density at radius 2 is 1.39 bits per heavy atom. The van der Waals surface area contributed by atoms with Gasteiger partial charge in [0, 0.05) is 39.9 Å². The number of aromatic nitrogens is 2. The minimum atomic E-state index is -0.468. The Bertz CT molecular complexity index is 1260. The summed E-state index contributed by atoms with van der Waals surface area (Å²) in [5.74, 6) is 0.511. The lowest BCUT2D eigenvalue weighted by atomic mass is 9.99. The van der Waals surface area contributed by atoms with E-state index >= 15 is 0 Å². The molecule has 0 radical (unpaired) electrons. The molecule has 0 aliphatic heterocycles. The van der Waals surface area contributed by atoms with E-state index in [4.69, 9.17) is 4.42 Å². The zero-order chi connectivity index (χ0) is 19.3. The van der Waals surface area contributed by atoms with Gasteiger partial charge in [0.1, 0.15) is 0 Å². The monoisotopic (exact) mass is 369 g/mol. The van der Waals surface area contributed by atoms with Crippen molar-refractivity contribution in [1.82, 2.24) is 10.2 Å². The van der Waals surface area contributed by atoms with Gasteiger partial charge in [-0.1, -0.05) is 36.4 Å². The van der Waals surface area contributed by atoms with Crippen molar-refractivity contribution in [3.8, 4) is 34.0 Å². The number of hydrogen-bond donors (Lipinski definition) is 0. The van der Waals surface area contributed by atoms with Gasteiger partial charge in [0.25, 0.3) is 5.69 Å². The summed E-state index contributed by atoms with van der Waals surface area (Å²) in [6, 6.07) is 18.7. The predicted octanol–water partition coefficient (Wildman–Crippen LogP) is 4.52. The Morgan fingerprint density at radius 1 is 0.750 bits per heavy atom. The van der Waals surface area contributed by atoms with E-state index < -0.39 is 4.92 Å². The molecular formula is C21H11N3O4. The first kappa shape index (κ1) is 16.1. The molecule has 0 saturated heterocycles. The topological polar surface area (TPSA) is 99.1 Å². The molecule has 1 aliphatic rings. The average molecular weight is 369 g/mol. The maximum Gasteiger partial charge on any atom is 0.269 e. The highest BCUT2D eigenvalue weighted by Crippen LogP contribution is 2.42. The number of non-ortho nitro benzene ring substituents is 1. The molecule has 0 saturated carbocycles. The van der Waals surface area contributed by atoms with E-state index in [0.717, 1.165) is 11.1 Å². The minimum Gasteiger partial charge on any atom is -0.416 e. The van der Waals surface area contributed by atoms with Crippen LogP contribution in [0, 0.1) is 10.1 Å². The molecule has 0 fully saturated rings. The van der Waals surface area contributed by atoms with Gasteiger partial charge in [0.15, 0.2) is 5.78 Å². The molecule has 0 atom stereocenters. The number of carbonyl (C=O) groups excluding carboxylic acids is 1. The molecule has 4 aromatic rings. The Balaban J connectivity index is 1.60. The van der Waals surface area contributed by atoms with Crippen LogP contribution in [0.4, 0.5) is 5.69 Å². The van der Waals surface area contributed by atoms with Gasteiger partial charge in [-0.25, -0.2) is 0 Å². The minimum absolute atomic E-state index is 0.0144. The second-order valence-corrected chi connectivity index (χ2v) is 6.32. The highest BCUT2D eigenvalue weighted by Gasteiger charge is 2.30. The van der Waals surface area contributed by atoms with Gasteiger partial charge < -0.3 is 4.42 Å². The number of nitro benzene ring substituents is 1. The molecule has 7 nitrogen and oxygen atoms in total. The number of carbonyl (C=O) groups is 1. The Labute approximate surface area is 158 Å². The van der Waals surface area contributed by atoms with Crippen LogP contribution in [0.2, 0.25) is 0 Å². The highest BCUT2D eigenvalue weighted by atomic mass is 16.6. The van der Waals surface area contributed by atoms with Gasteiger partial charge in [0.05, 0.1) is 4.92 Å². The average Bonchev–Trinajstić information content (AvgIpc) is 3.33. The van der Waals surface area contributed by atoms with Crippen molar-refractivity contribution in [3.05, 3.63) is 88.0 Å². The molecule has 0 spiro atoms. The van der Waals surface area contributed by atoms with Crippen molar-refractivity contribution in [1.29, 1.82) is 0 Å². The van der Waals surface area contributed by atoms with Crippen LogP contribution in [0.1, 0.15) is 15.9 Å². The van der Waals surface area contributed by atoms with Gasteiger partial charge in [-0.2, -0.15) is 0 Å². The lowest BCUT2D eigenvalue weighted by Gasteiger charge is -2.05. The third kappa shape index (κ3) is 2.34. The maximum atomic E-state index is 12.7. The van der Waals surface area contributed by atoms with Crippen LogP contribution in [-0.4, -0.2) is 20.9 Å². The van der Waals surface area contributed by atoms with Gasteiger partial charge >= 0.3 is 0 Å². The highest BCUT2D eigenvalue weighted by molar-refractivity contribution is 6.23. The third-order valence-electron chi connectivity index (χ3n) is 4.73. The molecule has 3 aromatic carbocycles. The summed E-state index contributed by atoms with van der Waals surface area (Å²) in [6.45, 7) is 0. The molecule has 1 heterocycles. The second kappa shape index (κ2) is 5.95. The first-order valence-electron chi connectivity index (χ1n) is 8.49. The first-order valence-corrected chi connectivity index (χ1v) is 8.49. The third-order valence-corrected chi connectivity index (χ3v) is 4.73. The van der Waals surface area contributed by atoms with Gasteiger partial charge in [0.2, 0.25) is 11.8 Å². The van der Waals surface area contributed by atoms with Crippen LogP contribution in [0.5, 0.6) is 0 Å². The lowest BCUT2D eigenvalue weighted by Crippen LogP contribution is -1.94. The molecular weight excluding hydrogens is 358 g/mol. The summed E-state index contributed by atoms with van der Waals surface area (Å²) in [5.41, 5.74) is 4.12. The van der Waals surface area contributed by atoms with Crippen molar-refractivity contribution in [3.63, 3.8) is 0 Å². The predicted molar refractivity (Wildman–Crippen MR) is 101 cm³/mol. The van der Waals surface area contributed by atoms with Gasteiger partial charge in [-0.15, -0.1) is 10.2 Å². The van der Waals surface area contributed by atoms with Crippen LogP contribution >= 0.6 is 0 Å². The van der Waals surface area contributed by atoms with Crippen molar-refractivity contribution in [2.75, 3.05) is 0 Å². The second-order valence-electron chi connectivity index (χ2n) is 6.32. The molecule has 1 aromatic heterocycles. The van der Waals surface area contributed by atoms with E-state index in [0.29, 0.717) is 22.3 Å². The molecule has 28 heavy (non-hydrogen) atoms. The molecule has 1 aliphatic carbocycles. The fraction of sp³-hybridized carbons (Fsp3) is 0. The van der Waals surface area contributed by atoms with Crippen molar-refractivity contribution in [2.24, 2.45) is 0 Å². The summed E-state index contributed by atoms with van der Waals surface area (Å²) < 4.78 is 5.83. The van der Waals surface area contributed by atoms with E-state index in [-0.39, 0.29) is 23.3 Å². The summed E-state index contributed by atoms with van der Waals surface area (Å²) in [4.78, 5) is 23.0. The van der Waals surface area contributed by atoms with Crippen molar-refractivity contribution >= 4 is 11.5 Å².